The smallest absolute Gasteiger partial charge is 0.145 e. The molecule has 0 heterocycles. The molecule has 0 fully saturated rings. The fraction of sp³-hybridized carbons (Fsp3) is 0.182. The largest absolute Gasteiger partial charge is 0.490 e. The number of hydrogen-bond donors (Lipinski definition) is 0. The molecule has 2 nitrogen and oxygen atoms in total. The van der Waals surface area contributed by atoms with Crippen molar-refractivity contribution in [3.63, 3.8) is 0 Å². The van der Waals surface area contributed by atoms with E-state index >= 15 is 0 Å². The zero-order chi connectivity index (χ0) is 9.52. The van der Waals surface area contributed by atoms with Crippen molar-refractivity contribution in [1.82, 2.24) is 0 Å². The summed E-state index contributed by atoms with van der Waals surface area (Å²) in [5.74, 6) is 0.817. The molecule has 0 saturated carbocycles. The SMILES string of the molecule is C/C(C=O)=C\COc1ccccc1. The summed E-state index contributed by atoms with van der Waals surface area (Å²) in [4.78, 5) is 10.2. The first-order chi connectivity index (χ1) is 6.33. The van der Waals surface area contributed by atoms with Crippen LogP contribution in [0.5, 0.6) is 5.75 Å². The molecule has 0 amide bonds. The van der Waals surface area contributed by atoms with Crippen LogP contribution in [-0.2, 0) is 4.79 Å². The van der Waals surface area contributed by atoms with Gasteiger partial charge < -0.3 is 4.74 Å². The van der Waals surface area contributed by atoms with E-state index in [9.17, 15) is 4.79 Å². The highest BCUT2D eigenvalue weighted by atomic mass is 16.5. The van der Waals surface area contributed by atoms with Gasteiger partial charge in [0.2, 0.25) is 0 Å². The van der Waals surface area contributed by atoms with Crippen LogP contribution in [0.4, 0.5) is 0 Å². The maximum absolute atomic E-state index is 10.2. The second kappa shape index (κ2) is 5.14. The van der Waals surface area contributed by atoms with Crippen molar-refractivity contribution >= 4 is 6.29 Å². The van der Waals surface area contributed by atoms with Crippen LogP contribution in [0, 0.1) is 0 Å². The van der Waals surface area contributed by atoms with Gasteiger partial charge in [0, 0.05) is 0 Å². The third-order valence-corrected chi connectivity index (χ3v) is 1.58. The molecule has 1 aromatic rings. The minimum absolute atomic E-state index is 0.439. The van der Waals surface area contributed by atoms with Crippen LogP contribution >= 0.6 is 0 Å². The zero-order valence-corrected chi connectivity index (χ0v) is 7.57. The highest BCUT2D eigenvalue weighted by molar-refractivity contribution is 5.71. The monoisotopic (exact) mass is 176 g/mol. The molecule has 0 spiro atoms. The molecule has 0 aliphatic heterocycles. The van der Waals surface area contributed by atoms with Gasteiger partial charge in [-0.25, -0.2) is 0 Å². The van der Waals surface area contributed by atoms with E-state index in [0.717, 1.165) is 12.0 Å². The molecular formula is C11H12O2. The predicted octanol–water partition coefficient (Wildman–Crippen LogP) is 2.21. The lowest BCUT2D eigenvalue weighted by Crippen LogP contribution is -1.94. The molecule has 0 saturated heterocycles. The Labute approximate surface area is 77.8 Å². The number of benzene rings is 1. The first-order valence-corrected chi connectivity index (χ1v) is 4.12. The van der Waals surface area contributed by atoms with E-state index in [2.05, 4.69) is 0 Å². The van der Waals surface area contributed by atoms with E-state index in [0.29, 0.717) is 12.2 Å². The van der Waals surface area contributed by atoms with Crippen LogP contribution in [0.1, 0.15) is 6.92 Å². The maximum Gasteiger partial charge on any atom is 0.145 e. The Hall–Kier alpha value is -1.57. The van der Waals surface area contributed by atoms with E-state index in [1.807, 2.05) is 30.3 Å². The van der Waals surface area contributed by atoms with Gasteiger partial charge in [-0.1, -0.05) is 18.2 Å². The average molecular weight is 176 g/mol. The summed E-state index contributed by atoms with van der Waals surface area (Å²) in [5.41, 5.74) is 0.691. The molecule has 0 aromatic heterocycles. The Morgan fingerprint density at radius 1 is 1.38 bits per heavy atom. The number of para-hydroxylation sites is 1. The Balaban J connectivity index is 2.40. The molecule has 1 aromatic carbocycles. The molecule has 0 aliphatic carbocycles. The highest BCUT2D eigenvalue weighted by Gasteiger charge is 1.88. The van der Waals surface area contributed by atoms with Crippen LogP contribution in [0.2, 0.25) is 0 Å². The Bertz CT molecular complexity index is 288. The summed E-state index contributed by atoms with van der Waals surface area (Å²) >= 11 is 0. The van der Waals surface area contributed by atoms with Gasteiger partial charge in [-0.3, -0.25) is 4.79 Å². The molecule has 0 unspecified atom stereocenters. The van der Waals surface area contributed by atoms with E-state index in [-0.39, 0.29) is 0 Å². The lowest BCUT2D eigenvalue weighted by Gasteiger charge is -2.01. The van der Waals surface area contributed by atoms with Gasteiger partial charge in [-0.2, -0.15) is 0 Å². The van der Waals surface area contributed by atoms with Crippen molar-refractivity contribution in [2.45, 2.75) is 6.92 Å². The summed E-state index contributed by atoms with van der Waals surface area (Å²) in [6.07, 6.45) is 2.56. The number of carbonyl (C=O) groups excluding carboxylic acids is 1. The Morgan fingerprint density at radius 3 is 2.69 bits per heavy atom. The molecule has 0 atom stereocenters. The minimum atomic E-state index is 0.439. The molecule has 68 valence electrons. The summed E-state index contributed by atoms with van der Waals surface area (Å²) in [6, 6.07) is 9.50. The fourth-order valence-corrected chi connectivity index (χ4v) is 0.834. The first-order valence-electron chi connectivity index (χ1n) is 4.12. The molecule has 1 rings (SSSR count). The van der Waals surface area contributed by atoms with E-state index in [1.54, 1.807) is 13.0 Å². The van der Waals surface area contributed by atoms with Crippen LogP contribution in [0.3, 0.4) is 0 Å². The molecule has 0 aliphatic rings. The fourth-order valence-electron chi connectivity index (χ4n) is 0.834. The third-order valence-electron chi connectivity index (χ3n) is 1.58. The summed E-state index contributed by atoms with van der Waals surface area (Å²) < 4.78 is 5.34. The van der Waals surface area contributed by atoms with Crippen molar-refractivity contribution in [3.05, 3.63) is 42.0 Å². The number of rotatable bonds is 4. The molecule has 0 N–H and O–H groups in total. The number of allylic oxidation sites excluding steroid dienone is 1. The average Bonchev–Trinajstić information content (AvgIpc) is 2.19. The Kier molecular flexibility index (Phi) is 3.76. The van der Waals surface area contributed by atoms with Crippen LogP contribution in [-0.4, -0.2) is 12.9 Å². The molecule has 0 radical (unpaired) electrons. The molecule has 2 heteroatoms. The van der Waals surface area contributed by atoms with E-state index in [1.165, 1.54) is 0 Å². The van der Waals surface area contributed by atoms with Gasteiger partial charge in [0.05, 0.1) is 0 Å². The van der Waals surface area contributed by atoms with Gasteiger partial charge in [0.15, 0.2) is 0 Å². The molecular weight excluding hydrogens is 164 g/mol. The van der Waals surface area contributed by atoms with Gasteiger partial charge in [-0.15, -0.1) is 0 Å². The standard InChI is InChI=1S/C11H12O2/c1-10(9-12)7-8-13-11-5-3-2-4-6-11/h2-7,9H,8H2,1H3/b10-7+. The first kappa shape index (κ1) is 9.52. The summed E-state index contributed by atoms with van der Waals surface area (Å²) in [7, 11) is 0. The van der Waals surface area contributed by atoms with Crippen molar-refractivity contribution < 1.29 is 9.53 Å². The summed E-state index contributed by atoms with van der Waals surface area (Å²) in [5, 5.41) is 0. The minimum Gasteiger partial charge on any atom is -0.490 e. The van der Waals surface area contributed by atoms with Gasteiger partial charge in [0.25, 0.3) is 0 Å². The van der Waals surface area contributed by atoms with Crippen LogP contribution in [0.15, 0.2) is 42.0 Å². The highest BCUT2D eigenvalue weighted by Crippen LogP contribution is 2.07. The normalized spacial score (nSPS) is 11.0. The van der Waals surface area contributed by atoms with Gasteiger partial charge in [-0.05, 0) is 30.7 Å². The molecule has 13 heavy (non-hydrogen) atoms. The Morgan fingerprint density at radius 2 is 2.08 bits per heavy atom. The lowest BCUT2D eigenvalue weighted by atomic mass is 10.3. The third kappa shape index (κ3) is 3.56. The zero-order valence-electron chi connectivity index (χ0n) is 7.57. The van der Waals surface area contributed by atoms with Gasteiger partial charge in [0.1, 0.15) is 18.6 Å². The number of ether oxygens (including phenoxy) is 1. The second-order valence-electron chi connectivity index (χ2n) is 2.69. The van der Waals surface area contributed by atoms with E-state index < -0.39 is 0 Å². The quantitative estimate of drug-likeness (QED) is 0.519. The summed E-state index contributed by atoms with van der Waals surface area (Å²) in [6.45, 7) is 2.19. The lowest BCUT2D eigenvalue weighted by molar-refractivity contribution is -0.104. The van der Waals surface area contributed by atoms with Crippen molar-refractivity contribution in [2.24, 2.45) is 0 Å². The topological polar surface area (TPSA) is 26.3 Å². The maximum atomic E-state index is 10.2. The van der Waals surface area contributed by atoms with Crippen LogP contribution < -0.4 is 4.74 Å². The molecule has 0 bridgehead atoms. The van der Waals surface area contributed by atoms with Crippen LogP contribution in [0.25, 0.3) is 0 Å². The van der Waals surface area contributed by atoms with E-state index in [4.69, 9.17) is 4.74 Å². The van der Waals surface area contributed by atoms with Crippen molar-refractivity contribution in [3.8, 4) is 5.75 Å². The number of hydrogen-bond acceptors (Lipinski definition) is 2. The predicted molar refractivity (Wildman–Crippen MR) is 51.8 cm³/mol. The van der Waals surface area contributed by atoms with Gasteiger partial charge >= 0.3 is 0 Å². The second-order valence-corrected chi connectivity index (χ2v) is 2.69. The number of aldehydes is 1. The number of carbonyl (C=O) groups is 1. The van der Waals surface area contributed by atoms with Crippen molar-refractivity contribution in [1.29, 1.82) is 0 Å². The van der Waals surface area contributed by atoms with Crippen molar-refractivity contribution in [2.75, 3.05) is 6.61 Å².